The third-order valence-corrected chi connectivity index (χ3v) is 4.09. The number of ether oxygens (including phenoxy) is 1. The number of benzene rings is 1. The second-order valence-electron chi connectivity index (χ2n) is 5.56. The normalized spacial score (nSPS) is 22.1. The van der Waals surface area contributed by atoms with E-state index in [0.29, 0.717) is 36.4 Å². The molecule has 5 heteroatoms. The fourth-order valence-electron chi connectivity index (χ4n) is 2.89. The zero-order valence-corrected chi connectivity index (χ0v) is 12.9. The van der Waals surface area contributed by atoms with Crippen LogP contribution >= 0.6 is 0 Å². The van der Waals surface area contributed by atoms with Gasteiger partial charge in [0.15, 0.2) is 0 Å². The summed E-state index contributed by atoms with van der Waals surface area (Å²) in [5.41, 5.74) is 0.338. The van der Waals surface area contributed by atoms with E-state index in [1.807, 2.05) is 4.90 Å². The van der Waals surface area contributed by atoms with Gasteiger partial charge in [0.05, 0.1) is 12.7 Å². The maximum absolute atomic E-state index is 12.5. The van der Waals surface area contributed by atoms with Crippen LogP contribution in [0.2, 0.25) is 0 Å². The Morgan fingerprint density at radius 3 is 2.86 bits per heavy atom. The van der Waals surface area contributed by atoms with Crippen molar-refractivity contribution < 1.29 is 14.6 Å². The minimum atomic E-state index is -0.114. The van der Waals surface area contributed by atoms with Crippen LogP contribution in [0.4, 0.5) is 0 Å². The molecule has 0 aromatic heterocycles. The summed E-state index contributed by atoms with van der Waals surface area (Å²) < 4.78 is 5.04. The standard InChI is InChI=1S/C16H24N2O3/c1-4-17-14-7-8-18(10-11(14)2)16(20)13-6-5-12(21-3)9-15(13)19/h5-6,9,11,14,17,19H,4,7-8,10H2,1-3H3. The Kier molecular flexibility index (Phi) is 5.07. The van der Waals surface area contributed by atoms with Gasteiger partial charge in [0, 0.05) is 25.2 Å². The first kappa shape index (κ1) is 15.6. The lowest BCUT2D eigenvalue weighted by Gasteiger charge is -2.37. The average Bonchev–Trinajstić information content (AvgIpc) is 2.48. The lowest BCUT2D eigenvalue weighted by atomic mass is 9.93. The molecule has 1 fully saturated rings. The van der Waals surface area contributed by atoms with Crippen molar-refractivity contribution in [3.8, 4) is 11.5 Å². The summed E-state index contributed by atoms with van der Waals surface area (Å²) in [6.07, 6.45) is 0.942. The van der Waals surface area contributed by atoms with Gasteiger partial charge >= 0.3 is 0 Å². The van der Waals surface area contributed by atoms with Crippen LogP contribution < -0.4 is 10.1 Å². The van der Waals surface area contributed by atoms with E-state index in [0.717, 1.165) is 13.0 Å². The number of phenols is 1. The summed E-state index contributed by atoms with van der Waals surface area (Å²) in [4.78, 5) is 14.4. The molecule has 2 atom stereocenters. The largest absolute Gasteiger partial charge is 0.507 e. The van der Waals surface area contributed by atoms with Gasteiger partial charge in [0.25, 0.3) is 5.91 Å². The molecule has 1 aliphatic heterocycles. The number of phenolic OH excluding ortho intramolecular Hbond substituents is 1. The Hall–Kier alpha value is -1.75. The van der Waals surface area contributed by atoms with Gasteiger partial charge in [0.2, 0.25) is 0 Å². The number of carbonyl (C=O) groups is 1. The van der Waals surface area contributed by atoms with Crippen LogP contribution in [0.15, 0.2) is 18.2 Å². The SMILES string of the molecule is CCNC1CCN(C(=O)c2ccc(OC)cc2O)CC1C. The van der Waals surface area contributed by atoms with E-state index in [9.17, 15) is 9.90 Å². The first-order valence-electron chi connectivity index (χ1n) is 7.46. The molecule has 0 spiro atoms. The van der Waals surface area contributed by atoms with Gasteiger partial charge in [-0.3, -0.25) is 4.79 Å². The van der Waals surface area contributed by atoms with E-state index >= 15 is 0 Å². The summed E-state index contributed by atoms with van der Waals surface area (Å²) in [6.45, 7) is 6.62. The Labute approximate surface area is 125 Å². The van der Waals surface area contributed by atoms with Crippen LogP contribution in [-0.4, -0.2) is 48.7 Å². The number of hydrogen-bond acceptors (Lipinski definition) is 4. The number of carbonyl (C=O) groups excluding carboxylic acids is 1. The second-order valence-corrected chi connectivity index (χ2v) is 5.56. The number of aromatic hydroxyl groups is 1. The van der Waals surface area contributed by atoms with Crippen LogP contribution in [0.25, 0.3) is 0 Å². The molecule has 1 saturated heterocycles. The maximum Gasteiger partial charge on any atom is 0.257 e. The van der Waals surface area contributed by atoms with Gasteiger partial charge in [-0.05, 0) is 31.0 Å². The first-order chi connectivity index (χ1) is 10.1. The van der Waals surface area contributed by atoms with Crippen molar-refractivity contribution in [3.63, 3.8) is 0 Å². The highest BCUT2D eigenvalue weighted by atomic mass is 16.5. The number of methoxy groups -OCH3 is 1. The summed E-state index contributed by atoms with van der Waals surface area (Å²) in [6, 6.07) is 5.25. The molecule has 1 heterocycles. The van der Waals surface area contributed by atoms with Crippen molar-refractivity contribution in [1.82, 2.24) is 10.2 Å². The summed E-state index contributed by atoms with van der Waals surface area (Å²) in [5, 5.41) is 13.4. The molecule has 1 amide bonds. The van der Waals surface area contributed by atoms with E-state index in [2.05, 4.69) is 19.2 Å². The highest BCUT2D eigenvalue weighted by Crippen LogP contribution is 2.26. The minimum absolute atomic E-state index is 0.0270. The van der Waals surface area contributed by atoms with E-state index in [1.165, 1.54) is 13.2 Å². The highest BCUT2D eigenvalue weighted by molar-refractivity contribution is 5.97. The molecule has 5 nitrogen and oxygen atoms in total. The Morgan fingerprint density at radius 1 is 1.52 bits per heavy atom. The lowest BCUT2D eigenvalue weighted by Crippen LogP contribution is -2.50. The molecule has 0 radical (unpaired) electrons. The number of likely N-dealkylation sites (tertiary alicyclic amines) is 1. The molecule has 2 rings (SSSR count). The van der Waals surface area contributed by atoms with Crippen LogP contribution in [0, 0.1) is 5.92 Å². The van der Waals surface area contributed by atoms with Crippen molar-refractivity contribution in [2.75, 3.05) is 26.7 Å². The first-order valence-corrected chi connectivity index (χ1v) is 7.46. The van der Waals surface area contributed by atoms with Crippen molar-refractivity contribution >= 4 is 5.91 Å². The lowest BCUT2D eigenvalue weighted by molar-refractivity contribution is 0.0643. The molecule has 116 valence electrons. The summed E-state index contributed by atoms with van der Waals surface area (Å²) >= 11 is 0. The molecule has 21 heavy (non-hydrogen) atoms. The van der Waals surface area contributed by atoms with Crippen molar-refractivity contribution in [2.45, 2.75) is 26.3 Å². The fourth-order valence-corrected chi connectivity index (χ4v) is 2.89. The fraction of sp³-hybridized carbons (Fsp3) is 0.562. The van der Waals surface area contributed by atoms with Crippen LogP contribution in [0.3, 0.4) is 0 Å². The summed E-state index contributed by atoms with van der Waals surface area (Å²) in [5.74, 6) is 0.809. The van der Waals surface area contributed by atoms with Crippen molar-refractivity contribution in [3.05, 3.63) is 23.8 Å². The Bertz CT molecular complexity index is 504. The number of nitrogens with one attached hydrogen (secondary N) is 1. The quantitative estimate of drug-likeness (QED) is 0.889. The minimum Gasteiger partial charge on any atom is -0.507 e. The van der Waals surface area contributed by atoms with Crippen LogP contribution in [-0.2, 0) is 0 Å². The number of rotatable bonds is 4. The molecule has 1 aromatic carbocycles. The predicted octanol–water partition coefficient (Wildman–Crippen LogP) is 1.86. The molecular formula is C16H24N2O3. The Morgan fingerprint density at radius 2 is 2.29 bits per heavy atom. The van der Waals surface area contributed by atoms with Gasteiger partial charge in [-0.2, -0.15) is 0 Å². The third kappa shape index (κ3) is 3.47. The van der Waals surface area contributed by atoms with Gasteiger partial charge in [-0.1, -0.05) is 13.8 Å². The van der Waals surface area contributed by atoms with Crippen molar-refractivity contribution in [1.29, 1.82) is 0 Å². The number of hydrogen-bond donors (Lipinski definition) is 2. The highest BCUT2D eigenvalue weighted by Gasteiger charge is 2.29. The van der Waals surface area contributed by atoms with Crippen LogP contribution in [0.5, 0.6) is 11.5 Å². The molecule has 2 N–H and O–H groups in total. The second kappa shape index (κ2) is 6.80. The molecule has 0 saturated carbocycles. The number of amides is 1. The van der Waals surface area contributed by atoms with E-state index < -0.39 is 0 Å². The molecule has 0 bridgehead atoms. The predicted molar refractivity (Wildman–Crippen MR) is 81.8 cm³/mol. The molecular weight excluding hydrogens is 268 g/mol. The van der Waals surface area contributed by atoms with Crippen molar-refractivity contribution in [2.24, 2.45) is 5.92 Å². The monoisotopic (exact) mass is 292 g/mol. The topological polar surface area (TPSA) is 61.8 Å². The van der Waals surface area contributed by atoms with Gasteiger partial charge in [-0.15, -0.1) is 0 Å². The van der Waals surface area contributed by atoms with Gasteiger partial charge in [0.1, 0.15) is 11.5 Å². The van der Waals surface area contributed by atoms with E-state index in [1.54, 1.807) is 12.1 Å². The number of piperidine rings is 1. The number of nitrogens with zero attached hydrogens (tertiary/aromatic N) is 1. The molecule has 2 unspecified atom stereocenters. The zero-order valence-electron chi connectivity index (χ0n) is 12.9. The van der Waals surface area contributed by atoms with Gasteiger partial charge in [-0.25, -0.2) is 0 Å². The molecule has 1 aromatic rings. The molecule has 1 aliphatic rings. The smallest absolute Gasteiger partial charge is 0.257 e. The van der Waals surface area contributed by atoms with Crippen LogP contribution in [0.1, 0.15) is 30.6 Å². The van der Waals surface area contributed by atoms with E-state index in [-0.39, 0.29) is 11.7 Å². The van der Waals surface area contributed by atoms with Gasteiger partial charge < -0.3 is 20.1 Å². The third-order valence-electron chi connectivity index (χ3n) is 4.09. The Balaban J connectivity index is 2.07. The zero-order chi connectivity index (χ0) is 15.4. The molecule has 0 aliphatic carbocycles. The maximum atomic E-state index is 12.5. The average molecular weight is 292 g/mol. The summed E-state index contributed by atoms with van der Waals surface area (Å²) in [7, 11) is 1.53. The van der Waals surface area contributed by atoms with E-state index in [4.69, 9.17) is 4.74 Å².